The summed E-state index contributed by atoms with van der Waals surface area (Å²) in [6.07, 6.45) is 7.29. The molecule has 5 nitrogen and oxygen atoms in total. The summed E-state index contributed by atoms with van der Waals surface area (Å²) in [5.41, 5.74) is 0.539. The molecule has 0 bridgehead atoms. The van der Waals surface area contributed by atoms with Gasteiger partial charge in [0, 0.05) is 12.8 Å². The molecule has 2 aliphatic rings. The van der Waals surface area contributed by atoms with E-state index in [0.29, 0.717) is 5.57 Å². The number of allylic oxidation sites excluding steroid dienone is 2. The maximum Gasteiger partial charge on any atom is 0.338 e. The minimum absolute atomic E-state index is 0.139. The molecule has 0 spiro atoms. The van der Waals surface area contributed by atoms with Crippen LogP contribution >= 0.6 is 0 Å². The molecule has 0 aromatic heterocycles. The van der Waals surface area contributed by atoms with E-state index in [-0.39, 0.29) is 31.2 Å². The van der Waals surface area contributed by atoms with Crippen LogP contribution in [0.5, 0.6) is 0 Å². The first-order valence-electron chi connectivity index (χ1n) is 6.49. The van der Waals surface area contributed by atoms with Crippen molar-refractivity contribution >= 4 is 17.8 Å². The van der Waals surface area contributed by atoms with Crippen molar-refractivity contribution in [2.24, 2.45) is 0 Å². The number of carbonyl (C=O) groups is 3. The first-order chi connectivity index (χ1) is 9.08. The standard InChI is InChI=1S/C14H17NO4/c1-10(9-15-12(16)7-8-13(15)17)19-14(18)11-5-3-2-4-6-11/h3,5-6,10H,2,4,7-9H2,1H3. The molecule has 1 saturated heterocycles. The highest BCUT2D eigenvalue weighted by atomic mass is 16.5. The third kappa shape index (κ3) is 3.30. The van der Waals surface area contributed by atoms with Gasteiger partial charge in [0.05, 0.1) is 12.1 Å². The predicted octanol–water partition coefficient (Wildman–Crippen LogP) is 1.34. The van der Waals surface area contributed by atoms with Crippen molar-refractivity contribution in [2.75, 3.05) is 6.54 Å². The first-order valence-corrected chi connectivity index (χ1v) is 6.49. The zero-order valence-electron chi connectivity index (χ0n) is 10.9. The lowest BCUT2D eigenvalue weighted by atomic mass is 10.1. The van der Waals surface area contributed by atoms with Crippen LogP contribution in [0.1, 0.15) is 32.6 Å². The number of nitrogens with zero attached hydrogens (tertiary/aromatic N) is 1. The lowest BCUT2D eigenvalue weighted by Crippen LogP contribution is -2.37. The number of ether oxygens (including phenoxy) is 1. The largest absolute Gasteiger partial charge is 0.457 e. The number of rotatable bonds is 4. The van der Waals surface area contributed by atoms with E-state index in [9.17, 15) is 14.4 Å². The van der Waals surface area contributed by atoms with Crippen LogP contribution in [0.4, 0.5) is 0 Å². The summed E-state index contributed by atoms with van der Waals surface area (Å²) in [6, 6.07) is 0. The number of amides is 2. The van der Waals surface area contributed by atoms with Crippen molar-refractivity contribution in [2.45, 2.75) is 38.7 Å². The fourth-order valence-electron chi connectivity index (χ4n) is 2.14. The fraction of sp³-hybridized carbons (Fsp3) is 0.500. The van der Waals surface area contributed by atoms with Crippen molar-refractivity contribution in [3.63, 3.8) is 0 Å². The number of esters is 1. The second-order valence-electron chi connectivity index (χ2n) is 4.75. The Bertz CT molecular complexity index is 448. The summed E-state index contributed by atoms with van der Waals surface area (Å²) in [6.45, 7) is 1.82. The average molecular weight is 263 g/mol. The monoisotopic (exact) mass is 263 g/mol. The lowest BCUT2D eigenvalue weighted by Gasteiger charge is -2.20. The van der Waals surface area contributed by atoms with E-state index in [0.717, 1.165) is 12.8 Å². The summed E-state index contributed by atoms with van der Waals surface area (Å²) in [5.74, 6) is -0.781. The van der Waals surface area contributed by atoms with E-state index >= 15 is 0 Å². The van der Waals surface area contributed by atoms with Crippen molar-refractivity contribution in [1.29, 1.82) is 0 Å². The zero-order valence-corrected chi connectivity index (χ0v) is 10.9. The summed E-state index contributed by atoms with van der Waals surface area (Å²) in [4.78, 5) is 35.9. The zero-order chi connectivity index (χ0) is 13.8. The maximum absolute atomic E-state index is 11.8. The Morgan fingerprint density at radius 2 is 2.00 bits per heavy atom. The van der Waals surface area contributed by atoms with E-state index in [4.69, 9.17) is 4.74 Å². The summed E-state index contributed by atoms with van der Waals surface area (Å²) >= 11 is 0. The van der Waals surface area contributed by atoms with Gasteiger partial charge < -0.3 is 4.74 Å². The molecule has 5 heteroatoms. The Morgan fingerprint density at radius 1 is 1.32 bits per heavy atom. The number of hydrogen-bond donors (Lipinski definition) is 0. The molecule has 1 heterocycles. The van der Waals surface area contributed by atoms with Gasteiger partial charge in [-0.15, -0.1) is 0 Å². The molecule has 0 saturated carbocycles. The van der Waals surface area contributed by atoms with Crippen LogP contribution in [-0.4, -0.2) is 35.3 Å². The minimum Gasteiger partial charge on any atom is -0.457 e. The van der Waals surface area contributed by atoms with E-state index in [1.165, 1.54) is 4.90 Å². The predicted molar refractivity (Wildman–Crippen MR) is 68.0 cm³/mol. The molecule has 1 aliphatic heterocycles. The van der Waals surface area contributed by atoms with Gasteiger partial charge in [-0.05, 0) is 19.8 Å². The van der Waals surface area contributed by atoms with Crippen LogP contribution in [0.25, 0.3) is 0 Å². The number of hydrogen-bond acceptors (Lipinski definition) is 4. The lowest BCUT2D eigenvalue weighted by molar-refractivity contribution is -0.149. The Labute approximate surface area is 111 Å². The topological polar surface area (TPSA) is 63.7 Å². The molecule has 0 N–H and O–H groups in total. The van der Waals surface area contributed by atoms with Gasteiger partial charge in [0.15, 0.2) is 0 Å². The van der Waals surface area contributed by atoms with Gasteiger partial charge >= 0.3 is 5.97 Å². The fourth-order valence-corrected chi connectivity index (χ4v) is 2.14. The summed E-state index contributed by atoms with van der Waals surface area (Å²) in [5, 5.41) is 0. The SMILES string of the molecule is CC(CN1C(=O)CCC1=O)OC(=O)C1=CCCC=C1. The Morgan fingerprint density at radius 3 is 2.58 bits per heavy atom. The Hall–Kier alpha value is -1.91. The molecule has 19 heavy (non-hydrogen) atoms. The van der Waals surface area contributed by atoms with Crippen molar-refractivity contribution < 1.29 is 19.1 Å². The van der Waals surface area contributed by atoms with Gasteiger partial charge in [0.25, 0.3) is 0 Å². The van der Waals surface area contributed by atoms with Gasteiger partial charge in [0.2, 0.25) is 11.8 Å². The van der Waals surface area contributed by atoms with E-state index < -0.39 is 12.1 Å². The van der Waals surface area contributed by atoms with Gasteiger partial charge in [-0.2, -0.15) is 0 Å². The van der Waals surface area contributed by atoms with Crippen molar-refractivity contribution in [3.05, 3.63) is 23.8 Å². The highest BCUT2D eigenvalue weighted by Crippen LogP contribution is 2.15. The quantitative estimate of drug-likeness (QED) is 0.567. The summed E-state index contributed by atoms with van der Waals surface area (Å²) in [7, 11) is 0. The highest BCUT2D eigenvalue weighted by molar-refractivity contribution is 6.02. The molecular weight excluding hydrogens is 246 g/mol. The van der Waals surface area contributed by atoms with Gasteiger partial charge in [-0.1, -0.05) is 18.2 Å². The Balaban J connectivity index is 1.87. The van der Waals surface area contributed by atoms with E-state index in [1.807, 2.05) is 12.2 Å². The third-order valence-electron chi connectivity index (χ3n) is 3.13. The Kier molecular flexibility index (Phi) is 4.14. The van der Waals surface area contributed by atoms with Crippen LogP contribution in [0.3, 0.4) is 0 Å². The first kappa shape index (κ1) is 13.5. The van der Waals surface area contributed by atoms with Crippen molar-refractivity contribution in [3.8, 4) is 0 Å². The van der Waals surface area contributed by atoms with Crippen LogP contribution < -0.4 is 0 Å². The van der Waals surface area contributed by atoms with Crippen LogP contribution in [-0.2, 0) is 19.1 Å². The third-order valence-corrected chi connectivity index (χ3v) is 3.13. The molecule has 1 aliphatic carbocycles. The minimum atomic E-state index is -0.491. The maximum atomic E-state index is 11.8. The molecule has 0 aromatic rings. The molecule has 0 aromatic carbocycles. The number of likely N-dealkylation sites (tertiary alicyclic amines) is 1. The van der Waals surface area contributed by atoms with Crippen LogP contribution in [0, 0.1) is 0 Å². The van der Waals surface area contributed by atoms with Crippen molar-refractivity contribution in [1.82, 2.24) is 4.90 Å². The normalized spacial score (nSPS) is 20.5. The molecule has 1 fully saturated rings. The molecule has 1 atom stereocenters. The van der Waals surface area contributed by atoms with Gasteiger partial charge in [0.1, 0.15) is 6.10 Å². The van der Waals surface area contributed by atoms with Gasteiger partial charge in [-0.3, -0.25) is 14.5 Å². The number of carbonyl (C=O) groups excluding carboxylic acids is 3. The highest BCUT2D eigenvalue weighted by Gasteiger charge is 2.30. The molecular formula is C14H17NO4. The van der Waals surface area contributed by atoms with Gasteiger partial charge in [-0.25, -0.2) is 4.79 Å². The molecule has 1 unspecified atom stereocenters. The molecule has 0 radical (unpaired) electrons. The second-order valence-corrected chi connectivity index (χ2v) is 4.75. The van der Waals surface area contributed by atoms with Crippen LogP contribution in [0.15, 0.2) is 23.8 Å². The molecule has 2 amide bonds. The van der Waals surface area contributed by atoms with E-state index in [1.54, 1.807) is 13.0 Å². The summed E-state index contributed by atoms with van der Waals surface area (Å²) < 4.78 is 5.24. The second kappa shape index (κ2) is 5.82. The smallest absolute Gasteiger partial charge is 0.338 e. The average Bonchev–Trinajstić information content (AvgIpc) is 2.71. The number of imide groups is 1. The van der Waals surface area contributed by atoms with E-state index in [2.05, 4.69) is 0 Å². The molecule has 102 valence electrons. The van der Waals surface area contributed by atoms with Crippen LogP contribution in [0.2, 0.25) is 0 Å². The molecule has 2 rings (SSSR count).